The van der Waals surface area contributed by atoms with E-state index in [1.165, 1.54) is 13.0 Å². The Morgan fingerprint density at radius 2 is 2.00 bits per heavy atom. The number of hydrogen-bond acceptors (Lipinski definition) is 4. The Bertz CT molecular complexity index is 431. The van der Waals surface area contributed by atoms with Crippen molar-refractivity contribution in [3.8, 4) is 0 Å². The van der Waals surface area contributed by atoms with Crippen LogP contribution in [0.2, 0.25) is 0 Å². The van der Waals surface area contributed by atoms with Gasteiger partial charge in [-0.05, 0) is 18.2 Å². The summed E-state index contributed by atoms with van der Waals surface area (Å²) in [6, 6.07) is 4.87. The summed E-state index contributed by atoms with van der Waals surface area (Å²) in [5.41, 5.74) is 12.2. The number of benzene rings is 1. The van der Waals surface area contributed by atoms with Crippen molar-refractivity contribution in [2.75, 3.05) is 24.1 Å². The molecule has 0 aliphatic rings. The van der Waals surface area contributed by atoms with Crippen molar-refractivity contribution in [1.29, 1.82) is 0 Å². The van der Waals surface area contributed by atoms with Gasteiger partial charge in [0, 0.05) is 31.4 Å². The van der Waals surface area contributed by atoms with Gasteiger partial charge in [-0.1, -0.05) is 0 Å². The number of anilines is 2. The van der Waals surface area contributed by atoms with Crippen LogP contribution in [-0.4, -0.2) is 24.9 Å². The highest BCUT2D eigenvalue weighted by Crippen LogP contribution is 2.17. The fourth-order valence-corrected chi connectivity index (χ4v) is 1.36. The average molecular weight is 236 g/mol. The first kappa shape index (κ1) is 12.8. The third-order valence-electron chi connectivity index (χ3n) is 2.12. The Kier molecular flexibility index (Phi) is 4.33. The van der Waals surface area contributed by atoms with Gasteiger partial charge in [0.15, 0.2) is 0 Å². The van der Waals surface area contributed by atoms with Crippen LogP contribution < -0.4 is 22.1 Å². The van der Waals surface area contributed by atoms with Crippen LogP contribution in [0.3, 0.4) is 0 Å². The number of rotatable bonds is 5. The van der Waals surface area contributed by atoms with Gasteiger partial charge < -0.3 is 22.1 Å². The summed E-state index contributed by atoms with van der Waals surface area (Å²) >= 11 is 0. The van der Waals surface area contributed by atoms with E-state index >= 15 is 0 Å². The van der Waals surface area contributed by atoms with Crippen molar-refractivity contribution < 1.29 is 9.59 Å². The number of carbonyl (C=O) groups excluding carboxylic acids is 2. The molecular weight excluding hydrogens is 220 g/mol. The van der Waals surface area contributed by atoms with Crippen LogP contribution in [0.25, 0.3) is 0 Å². The van der Waals surface area contributed by atoms with Gasteiger partial charge in [-0.25, -0.2) is 0 Å². The Morgan fingerprint density at radius 3 is 2.59 bits per heavy atom. The molecule has 0 bridgehead atoms. The molecule has 92 valence electrons. The van der Waals surface area contributed by atoms with E-state index in [1.54, 1.807) is 12.1 Å². The Morgan fingerprint density at radius 1 is 1.29 bits per heavy atom. The fraction of sp³-hybridized carbons (Fsp3) is 0.273. The lowest BCUT2D eigenvalue weighted by molar-refractivity contribution is -0.118. The third-order valence-corrected chi connectivity index (χ3v) is 2.12. The molecule has 1 aromatic carbocycles. The Balaban J connectivity index is 2.64. The van der Waals surface area contributed by atoms with Gasteiger partial charge in [0.25, 0.3) is 5.91 Å². The van der Waals surface area contributed by atoms with Crippen molar-refractivity contribution in [1.82, 2.24) is 5.32 Å². The van der Waals surface area contributed by atoms with Gasteiger partial charge in [0.05, 0.1) is 5.56 Å². The molecule has 1 rings (SSSR count). The second-order valence-corrected chi connectivity index (χ2v) is 3.58. The topological polar surface area (TPSA) is 110 Å². The van der Waals surface area contributed by atoms with Gasteiger partial charge in [0.1, 0.15) is 0 Å². The van der Waals surface area contributed by atoms with Gasteiger partial charge in [0.2, 0.25) is 5.91 Å². The largest absolute Gasteiger partial charge is 0.399 e. The smallest absolute Gasteiger partial charge is 0.250 e. The highest BCUT2D eigenvalue weighted by molar-refractivity contribution is 5.99. The molecule has 2 amide bonds. The maximum Gasteiger partial charge on any atom is 0.250 e. The first-order valence-corrected chi connectivity index (χ1v) is 5.18. The number of carbonyl (C=O) groups is 2. The first-order chi connectivity index (χ1) is 8.00. The normalized spacial score (nSPS) is 9.71. The van der Waals surface area contributed by atoms with Crippen molar-refractivity contribution in [2.45, 2.75) is 6.92 Å². The second-order valence-electron chi connectivity index (χ2n) is 3.58. The van der Waals surface area contributed by atoms with Crippen molar-refractivity contribution >= 4 is 23.2 Å². The van der Waals surface area contributed by atoms with Gasteiger partial charge in [-0.3, -0.25) is 9.59 Å². The number of hydrogen-bond donors (Lipinski definition) is 4. The highest BCUT2D eigenvalue weighted by Gasteiger charge is 2.07. The number of nitrogen functional groups attached to an aromatic ring is 1. The van der Waals surface area contributed by atoms with Gasteiger partial charge >= 0.3 is 0 Å². The molecule has 0 saturated carbocycles. The standard InChI is InChI=1S/C11H16N4O2/c1-7(16)14-4-5-15-10-3-2-8(12)6-9(10)11(13)17/h2-3,6,15H,4-5,12H2,1H3,(H2,13,17)(H,14,16). The van der Waals surface area contributed by atoms with E-state index in [1.807, 2.05) is 0 Å². The van der Waals surface area contributed by atoms with Crippen LogP contribution >= 0.6 is 0 Å². The minimum absolute atomic E-state index is 0.0979. The Hall–Kier alpha value is -2.24. The number of amides is 2. The molecule has 0 unspecified atom stereocenters. The van der Waals surface area contributed by atoms with E-state index in [9.17, 15) is 9.59 Å². The van der Waals surface area contributed by atoms with E-state index in [4.69, 9.17) is 11.5 Å². The summed E-state index contributed by atoms with van der Waals surface area (Å²) in [5.74, 6) is -0.640. The lowest BCUT2D eigenvalue weighted by Gasteiger charge is -2.10. The quantitative estimate of drug-likeness (QED) is 0.423. The summed E-state index contributed by atoms with van der Waals surface area (Å²) in [5, 5.41) is 5.64. The van der Waals surface area contributed by atoms with Gasteiger partial charge in [-0.2, -0.15) is 0 Å². The molecule has 0 saturated heterocycles. The molecule has 1 aromatic rings. The molecule has 0 aliphatic carbocycles. The molecule has 0 heterocycles. The molecule has 17 heavy (non-hydrogen) atoms. The van der Waals surface area contributed by atoms with Crippen molar-refractivity contribution in [3.05, 3.63) is 23.8 Å². The SMILES string of the molecule is CC(=O)NCCNc1ccc(N)cc1C(N)=O. The number of nitrogens with two attached hydrogens (primary N) is 2. The minimum atomic E-state index is -0.542. The summed E-state index contributed by atoms with van der Waals surface area (Å²) in [7, 11) is 0. The molecule has 6 nitrogen and oxygen atoms in total. The average Bonchev–Trinajstić information content (AvgIpc) is 2.25. The fourth-order valence-electron chi connectivity index (χ4n) is 1.36. The van der Waals surface area contributed by atoms with E-state index in [0.29, 0.717) is 30.0 Å². The maximum atomic E-state index is 11.2. The van der Waals surface area contributed by atoms with E-state index in [0.717, 1.165) is 0 Å². The zero-order valence-electron chi connectivity index (χ0n) is 9.62. The predicted octanol–water partition coefficient (Wildman–Crippen LogP) is -0.0843. The number of nitrogens with one attached hydrogen (secondary N) is 2. The molecule has 0 aromatic heterocycles. The minimum Gasteiger partial charge on any atom is -0.399 e. The van der Waals surface area contributed by atoms with E-state index < -0.39 is 5.91 Å². The summed E-state index contributed by atoms with van der Waals surface area (Å²) in [6.45, 7) is 2.42. The lowest BCUT2D eigenvalue weighted by atomic mass is 10.1. The van der Waals surface area contributed by atoms with Crippen LogP contribution in [-0.2, 0) is 4.79 Å². The van der Waals surface area contributed by atoms with Crippen molar-refractivity contribution in [2.24, 2.45) is 5.73 Å². The molecule has 0 aliphatic heterocycles. The Labute approximate surface area is 99.4 Å². The van der Waals surface area contributed by atoms with E-state index in [-0.39, 0.29) is 5.91 Å². The highest BCUT2D eigenvalue weighted by atomic mass is 16.1. The molecule has 0 atom stereocenters. The summed E-state index contributed by atoms with van der Waals surface area (Å²) < 4.78 is 0. The van der Waals surface area contributed by atoms with Crippen LogP contribution in [0.5, 0.6) is 0 Å². The zero-order valence-corrected chi connectivity index (χ0v) is 9.62. The molecule has 0 fully saturated rings. The predicted molar refractivity (Wildman–Crippen MR) is 66.5 cm³/mol. The van der Waals surface area contributed by atoms with E-state index in [2.05, 4.69) is 10.6 Å². The van der Waals surface area contributed by atoms with Gasteiger partial charge in [-0.15, -0.1) is 0 Å². The number of primary amides is 1. The monoisotopic (exact) mass is 236 g/mol. The van der Waals surface area contributed by atoms with Crippen molar-refractivity contribution in [3.63, 3.8) is 0 Å². The van der Waals surface area contributed by atoms with Crippen LogP contribution in [0.15, 0.2) is 18.2 Å². The molecule has 6 N–H and O–H groups in total. The molecule has 0 spiro atoms. The summed E-state index contributed by atoms with van der Waals surface area (Å²) in [4.78, 5) is 21.8. The van der Waals surface area contributed by atoms with Crippen LogP contribution in [0.1, 0.15) is 17.3 Å². The molecular formula is C11H16N4O2. The third kappa shape index (κ3) is 4.02. The van der Waals surface area contributed by atoms with Crippen LogP contribution in [0.4, 0.5) is 11.4 Å². The molecule has 0 radical (unpaired) electrons. The second kappa shape index (κ2) is 5.74. The zero-order chi connectivity index (χ0) is 12.8. The molecule has 6 heteroatoms. The first-order valence-electron chi connectivity index (χ1n) is 5.18. The lowest BCUT2D eigenvalue weighted by Crippen LogP contribution is -2.27. The maximum absolute atomic E-state index is 11.2. The van der Waals surface area contributed by atoms with Crippen LogP contribution in [0, 0.1) is 0 Å². The summed E-state index contributed by atoms with van der Waals surface area (Å²) in [6.07, 6.45) is 0.